The van der Waals surface area contributed by atoms with Crippen LogP contribution in [0.25, 0.3) is 0 Å². The number of hydrogen-bond acceptors (Lipinski definition) is 5. The molecule has 130 valence electrons. The standard InChI is InChI=1S/C19H28N4S/c1-16-18(24-15-21-16)13-22(2)19(14-20)8-10-23(11-9-19)12-17-6-4-3-5-7-17/h3-7,15H,8-14,20H2,1-2H3. The number of piperidine rings is 1. The molecule has 1 aromatic carbocycles. The fraction of sp³-hybridized carbons (Fsp3) is 0.526. The number of likely N-dealkylation sites (tertiary alicyclic amines) is 1. The highest BCUT2D eigenvalue weighted by atomic mass is 32.1. The topological polar surface area (TPSA) is 45.4 Å². The molecule has 0 spiro atoms. The summed E-state index contributed by atoms with van der Waals surface area (Å²) < 4.78 is 0. The van der Waals surface area contributed by atoms with E-state index >= 15 is 0 Å². The third kappa shape index (κ3) is 3.86. The number of thiazole rings is 1. The zero-order valence-electron chi connectivity index (χ0n) is 14.7. The third-order valence-corrected chi connectivity index (χ3v) is 6.37. The molecule has 2 N–H and O–H groups in total. The molecule has 0 bridgehead atoms. The predicted molar refractivity (Wildman–Crippen MR) is 101 cm³/mol. The first kappa shape index (κ1) is 17.5. The Bertz CT molecular complexity index is 632. The molecule has 0 radical (unpaired) electrons. The molecule has 0 unspecified atom stereocenters. The second-order valence-electron chi connectivity index (χ2n) is 6.91. The highest BCUT2D eigenvalue weighted by Gasteiger charge is 2.37. The van der Waals surface area contributed by atoms with Gasteiger partial charge in [-0.2, -0.15) is 0 Å². The molecule has 4 nitrogen and oxygen atoms in total. The monoisotopic (exact) mass is 344 g/mol. The van der Waals surface area contributed by atoms with E-state index in [0.717, 1.165) is 51.3 Å². The lowest BCUT2D eigenvalue weighted by Gasteiger charge is -2.47. The second-order valence-corrected chi connectivity index (χ2v) is 7.85. The van der Waals surface area contributed by atoms with Crippen molar-refractivity contribution in [3.05, 3.63) is 52.0 Å². The van der Waals surface area contributed by atoms with Crippen molar-refractivity contribution >= 4 is 11.3 Å². The molecular formula is C19H28N4S. The predicted octanol–water partition coefficient (Wildman–Crippen LogP) is 2.88. The molecule has 1 fully saturated rings. The van der Waals surface area contributed by atoms with E-state index in [0.29, 0.717) is 0 Å². The van der Waals surface area contributed by atoms with Gasteiger partial charge in [0.15, 0.2) is 0 Å². The summed E-state index contributed by atoms with van der Waals surface area (Å²) in [6.07, 6.45) is 2.26. The lowest BCUT2D eigenvalue weighted by Crippen LogP contribution is -2.57. The van der Waals surface area contributed by atoms with Gasteiger partial charge in [-0.25, -0.2) is 4.98 Å². The zero-order chi connectivity index (χ0) is 17.0. The first-order valence-electron chi connectivity index (χ1n) is 8.69. The van der Waals surface area contributed by atoms with Gasteiger partial charge in [0.1, 0.15) is 0 Å². The zero-order valence-corrected chi connectivity index (χ0v) is 15.6. The van der Waals surface area contributed by atoms with Crippen molar-refractivity contribution in [1.29, 1.82) is 0 Å². The molecule has 24 heavy (non-hydrogen) atoms. The van der Waals surface area contributed by atoms with E-state index in [4.69, 9.17) is 5.73 Å². The van der Waals surface area contributed by atoms with Crippen molar-refractivity contribution in [3.63, 3.8) is 0 Å². The van der Waals surface area contributed by atoms with E-state index in [1.807, 2.05) is 5.51 Å². The fourth-order valence-electron chi connectivity index (χ4n) is 3.57. The number of hydrogen-bond donors (Lipinski definition) is 1. The number of benzene rings is 1. The van der Waals surface area contributed by atoms with Gasteiger partial charge in [-0.05, 0) is 32.4 Å². The Labute approximate surface area is 149 Å². The minimum absolute atomic E-state index is 0.115. The minimum Gasteiger partial charge on any atom is -0.329 e. The normalized spacial score (nSPS) is 18.2. The highest BCUT2D eigenvalue weighted by Crippen LogP contribution is 2.30. The van der Waals surface area contributed by atoms with Crippen molar-refractivity contribution in [3.8, 4) is 0 Å². The molecule has 1 aliphatic heterocycles. The summed E-state index contributed by atoms with van der Waals surface area (Å²) in [5.41, 5.74) is 10.8. The van der Waals surface area contributed by atoms with Gasteiger partial charge >= 0.3 is 0 Å². The quantitative estimate of drug-likeness (QED) is 0.875. The lowest BCUT2D eigenvalue weighted by molar-refractivity contribution is 0.0379. The smallest absolute Gasteiger partial charge is 0.0798 e. The van der Waals surface area contributed by atoms with Gasteiger partial charge in [-0.1, -0.05) is 30.3 Å². The maximum atomic E-state index is 6.23. The van der Waals surface area contributed by atoms with Gasteiger partial charge in [0, 0.05) is 43.1 Å². The van der Waals surface area contributed by atoms with E-state index in [9.17, 15) is 0 Å². The summed E-state index contributed by atoms with van der Waals surface area (Å²) in [5.74, 6) is 0. The number of aromatic nitrogens is 1. The summed E-state index contributed by atoms with van der Waals surface area (Å²) in [5, 5.41) is 0. The molecule has 0 atom stereocenters. The summed E-state index contributed by atoms with van der Waals surface area (Å²) in [6.45, 7) is 7.03. The number of rotatable bonds is 6. The summed E-state index contributed by atoms with van der Waals surface area (Å²) >= 11 is 1.75. The van der Waals surface area contributed by atoms with Crippen LogP contribution in [0.2, 0.25) is 0 Å². The summed E-state index contributed by atoms with van der Waals surface area (Å²) in [7, 11) is 2.22. The van der Waals surface area contributed by atoms with E-state index in [-0.39, 0.29) is 5.54 Å². The van der Waals surface area contributed by atoms with E-state index in [1.165, 1.54) is 10.4 Å². The van der Waals surface area contributed by atoms with E-state index < -0.39 is 0 Å². The number of aryl methyl sites for hydroxylation is 1. The lowest BCUT2D eigenvalue weighted by atomic mass is 9.85. The van der Waals surface area contributed by atoms with Gasteiger partial charge in [0.25, 0.3) is 0 Å². The highest BCUT2D eigenvalue weighted by molar-refractivity contribution is 7.09. The maximum absolute atomic E-state index is 6.23. The van der Waals surface area contributed by atoms with Gasteiger partial charge in [-0.3, -0.25) is 9.80 Å². The second kappa shape index (κ2) is 7.74. The number of nitrogens with two attached hydrogens (primary N) is 1. The molecule has 2 heterocycles. The van der Waals surface area contributed by atoms with E-state index in [1.54, 1.807) is 11.3 Å². The van der Waals surface area contributed by atoms with Crippen LogP contribution in [0, 0.1) is 6.92 Å². The molecular weight excluding hydrogens is 316 g/mol. The van der Waals surface area contributed by atoms with Crippen LogP contribution in [0.4, 0.5) is 0 Å². The van der Waals surface area contributed by atoms with Crippen LogP contribution in [-0.4, -0.2) is 47.0 Å². The van der Waals surface area contributed by atoms with Gasteiger partial charge in [0.2, 0.25) is 0 Å². The Kier molecular flexibility index (Phi) is 5.66. The molecule has 2 aromatic rings. The van der Waals surface area contributed by atoms with Crippen LogP contribution < -0.4 is 5.73 Å². The first-order valence-corrected chi connectivity index (χ1v) is 9.57. The average Bonchev–Trinajstić information content (AvgIpc) is 3.01. The van der Waals surface area contributed by atoms with Crippen molar-refractivity contribution in [1.82, 2.24) is 14.8 Å². The van der Waals surface area contributed by atoms with Crippen LogP contribution in [0.3, 0.4) is 0 Å². The molecule has 0 saturated carbocycles. The van der Waals surface area contributed by atoms with Crippen LogP contribution in [0.15, 0.2) is 35.8 Å². The average molecular weight is 345 g/mol. The molecule has 0 aliphatic carbocycles. The van der Waals surface area contributed by atoms with Crippen molar-refractivity contribution in [2.24, 2.45) is 5.73 Å². The number of nitrogens with zero attached hydrogens (tertiary/aromatic N) is 3. The third-order valence-electron chi connectivity index (χ3n) is 5.45. The van der Waals surface area contributed by atoms with Crippen LogP contribution in [0.5, 0.6) is 0 Å². The molecule has 5 heteroatoms. The van der Waals surface area contributed by atoms with Crippen molar-refractivity contribution in [2.75, 3.05) is 26.7 Å². The van der Waals surface area contributed by atoms with Crippen molar-refractivity contribution in [2.45, 2.75) is 38.4 Å². The Balaban J connectivity index is 1.60. The van der Waals surface area contributed by atoms with Gasteiger partial charge in [-0.15, -0.1) is 11.3 Å². The Hall–Kier alpha value is -1.27. The summed E-state index contributed by atoms with van der Waals surface area (Å²) in [6, 6.07) is 10.7. The van der Waals surface area contributed by atoms with Crippen LogP contribution >= 0.6 is 11.3 Å². The largest absolute Gasteiger partial charge is 0.329 e. The van der Waals surface area contributed by atoms with E-state index in [2.05, 4.69) is 59.1 Å². The Morgan fingerprint density at radius 1 is 1.25 bits per heavy atom. The molecule has 0 amide bonds. The molecule has 1 aliphatic rings. The molecule has 3 rings (SSSR count). The SMILES string of the molecule is Cc1ncsc1CN(C)C1(CN)CCN(Cc2ccccc2)CC1. The maximum Gasteiger partial charge on any atom is 0.0798 e. The van der Waals surface area contributed by atoms with Gasteiger partial charge in [0.05, 0.1) is 11.2 Å². The summed E-state index contributed by atoms with van der Waals surface area (Å²) in [4.78, 5) is 10.7. The minimum atomic E-state index is 0.115. The van der Waals surface area contributed by atoms with Crippen molar-refractivity contribution < 1.29 is 0 Å². The molecule has 1 aromatic heterocycles. The van der Waals surface area contributed by atoms with Crippen LogP contribution in [0.1, 0.15) is 29.0 Å². The first-order chi connectivity index (χ1) is 11.6. The van der Waals surface area contributed by atoms with Crippen LogP contribution in [-0.2, 0) is 13.1 Å². The molecule has 1 saturated heterocycles. The Morgan fingerprint density at radius 3 is 2.54 bits per heavy atom. The van der Waals surface area contributed by atoms with Gasteiger partial charge < -0.3 is 5.73 Å². The Morgan fingerprint density at radius 2 is 1.96 bits per heavy atom. The fourth-order valence-corrected chi connectivity index (χ4v) is 4.40. The number of likely N-dealkylation sites (N-methyl/N-ethyl adjacent to an activating group) is 1.